The van der Waals surface area contributed by atoms with Gasteiger partial charge in [0, 0.05) is 42.0 Å². The van der Waals surface area contributed by atoms with E-state index in [2.05, 4.69) is 32.4 Å². The van der Waals surface area contributed by atoms with Gasteiger partial charge in [-0.15, -0.1) is 0 Å². The predicted molar refractivity (Wildman–Crippen MR) is 177 cm³/mol. The molecular formula is C35H35F3N6O4. The number of pyridine rings is 1. The minimum Gasteiger partial charge on any atom is -0.444 e. The molecule has 0 bridgehead atoms. The average Bonchev–Trinajstić information content (AvgIpc) is 3.51. The Kier molecular flexibility index (Phi) is 9.93. The molecule has 2 N–H and O–H groups in total. The topological polar surface area (TPSA) is 113 Å². The van der Waals surface area contributed by atoms with Crippen molar-refractivity contribution in [2.45, 2.75) is 45.9 Å². The minimum atomic E-state index is -4.51. The number of benzene rings is 2. The first-order valence-electron chi connectivity index (χ1n) is 15.3. The smallest absolute Gasteiger partial charge is 0.416 e. The Labute approximate surface area is 276 Å². The molecule has 250 valence electrons. The van der Waals surface area contributed by atoms with Crippen molar-refractivity contribution in [1.82, 2.24) is 15.3 Å². The van der Waals surface area contributed by atoms with Gasteiger partial charge in [0.15, 0.2) is 18.0 Å². The molecule has 13 heteroatoms. The van der Waals surface area contributed by atoms with Crippen LogP contribution in [0.1, 0.15) is 45.2 Å². The zero-order chi connectivity index (χ0) is 34.5. The number of aromatic nitrogens is 2. The highest BCUT2D eigenvalue weighted by molar-refractivity contribution is 6.03. The Balaban J connectivity index is 1.44. The molecule has 0 unspecified atom stereocenters. The molecule has 0 atom stereocenters. The van der Waals surface area contributed by atoms with Crippen LogP contribution in [0.15, 0.2) is 71.6 Å². The minimum absolute atomic E-state index is 0.0293. The van der Waals surface area contributed by atoms with Crippen LogP contribution in [0.2, 0.25) is 0 Å². The van der Waals surface area contributed by atoms with Crippen LogP contribution in [0.5, 0.6) is 0 Å². The van der Waals surface area contributed by atoms with Crippen LogP contribution in [0.4, 0.5) is 40.0 Å². The number of urea groups is 1. The van der Waals surface area contributed by atoms with Gasteiger partial charge < -0.3 is 24.7 Å². The van der Waals surface area contributed by atoms with E-state index >= 15 is 0 Å². The lowest BCUT2D eigenvalue weighted by atomic mass is 10.1. The third kappa shape index (κ3) is 8.44. The molecule has 48 heavy (non-hydrogen) atoms. The fourth-order valence-corrected chi connectivity index (χ4v) is 5.11. The number of halogens is 3. The van der Waals surface area contributed by atoms with Crippen molar-refractivity contribution < 1.29 is 31.9 Å². The maximum absolute atomic E-state index is 13.9. The van der Waals surface area contributed by atoms with E-state index in [0.717, 1.165) is 12.1 Å². The summed E-state index contributed by atoms with van der Waals surface area (Å²) >= 11 is 0. The highest BCUT2D eigenvalue weighted by Gasteiger charge is 2.31. The number of alkyl carbamates (subject to hydrolysis) is 1. The van der Waals surface area contributed by atoms with E-state index in [4.69, 9.17) is 14.1 Å². The van der Waals surface area contributed by atoms with Crippen molar-refractivity contribution in [2.75, 3.05) is 41.3 Å². The molecule has 0 saturated heterocycles. The van der Waals surface area contributed by atoms with E-state index in [1.807, 2.05) is 6.92 Å². The number of alkyl halides is 3. The Bertz CT molecular complexity index is 1840. The summed E-state index contributed by atoms with van der Waals surface area (Å²) in [7, 11) is 0. The lowest BCUT2D eigenvalue weighted by Gasteiger charge is -2.25. The number of nitrogens with one attached hydrogen (secondary N) is 2. The standard InChI is InChI=1S/C35H35F3N6O4/c1-5-43-15-8-16-44(31-29(43)13-12-28(42-31)24-10-6-11-26(19-24)35(36,37)38)32(45)41-27-18-23(17-25(20-27)30-21-39-22-47-30)9-7-14-40-33(46)48-34(2,3)4/h6,10-13,17-22H,5,8,14-16H2,1-4H3,(H,40,46)(H,41,45). The van der Waals surface area contributed by atoms with Crippen LogP contribution in [0.25, 0.3) is 22.6 Å². The van der Waals surface area contributed by atoms with Crippen LogP contribution in [0.3, 0.4) is 0 Å². The highest BCUT2D eigenvalue weighted by Crippen LogP contribution is 2.36. The molecule has 3 heterocycles. The number of nitrogens with zero attached hydrogens (tertiary/aromatic N) is 4. The van der Waals surface area contributed by atoms with E-state index < -0.39 is 29.5 Å². The Hall–Kier alpha value is -5.51. The fourth-order valence-electron chi connectivity index (χ4n) is 5.11. The number of carbonyl (C=O) groups excluding carboxylic acids is 2. The van der Waals surface area contributed by atoms with Crippen molar-refractivity contribution in [3.05, 3.63) is 78.3 Å². The van der Waals surface area contributed by atoms with Crippen molar-refractivity contribution in [3.63, 3.8) is 0 Å². The number of ether oxygens (including phenoxy) is 1. The SMILES string of the molecule is CCN1CCCN(C(=O)Nc2cc(C#CCNC(=O)OC(C)(C)C)cc(-c3cnco3)c2)c2nc(-c3cccc(C(F)(F)F)c3)ccc21. The third-order valence-electron chi connectivity index (χ3n) is 7.23. The molecule has 0 radical (unpaired) electrons. The zero-order valence-electron chi connectivity index (χ0n) is 26.9. The van der Waals surface area contributed by atoms with Crippen molar-refractivity contribution in [1.29, 1.82) is 0 Å². The van der Waals surface area contributed by atoms with E-state index in [-0.39, 0.29) is 12.1 Å². The molecule has 0 aliphatic carbocycles. The van der Waals surface area contributed by atoms with Crippen LogP contribution >= 0.6 is 0 Å². The second kappa shape index (κ2) is 14.1. The maximum atomic E-state index is 13.9. The number of amides is 3. The molecule has 3 amide bonds. The monoisotopic (exact) mass is 660 g/mol. The van der Waals surface area contributed by atoms with Crippen molar-refractivity contribution in [3.8, 4) is 34.4 Å². The van der Waals surface area contributed by atoms with Crippen molar-refractivity contribution in [2.24, 2.45) is 0 Å². The first-order chi connectivity index (χ1) is 22.8. The van der Waals surface area contributed by atoms with Gasteiger partial charge in [0.05, 0.1) is 29.7 Å². The molecular weight excluding hydrogens is 625 g/mol. The summed E-state index contributed by atoms with van der Waals surface area (Å²) in [6, 6.07) is 13.1. The number of oxazole rings is 1. The number of anilines is 3. The number of hydrogen-bond donors (Lipinski definition) is 2. The molecule has 0 fully saturated rings. The first-order valence-corrected chi connectivity index (χ1v) is 15.3. The van der Waals surface area contributed by atoms with Gasteiger partial charge in [0.25, 0.3) is 0 Å². The highest BCUT2D eigenvalue weighted by atomic mass is 19.4. The average molecular weight is 661 g/mol. The third-order valence-corrected chi connectivity index (χ3v) is 7.23. The van der Waals surface area contributed by atoms with Crippen LogP contribution in [-0.2, 0) is 10.9 Å². The molecule has 2 aromatic carbocycles. The van der Waals surface area contributed by atoms with Gasteiger partial charge in [-0.25, -0.2) is 19.6 Å². The van der Waals surface area contributed by atoms with E-state index in [0.29, 0.717) is 65.8 Å². The number of fused-ring (bicyclic) bond motifs is 1. The molecule has 10 nitrogen and oxygen atoms in total. The summed E-state index contributed by atoms with van der Waals surface area (Å²) in [6.45, 7) is 8.93. The fraction of sp³-hybridized carbons (Fsp3) is 0.314. The van der Waals surface area contributed by atoms with Crippen LogP contribution in [-0.4, -0.2) is 53.9 Å². The Morgan fingerprint density at radius 1 is 1.04 bits per heavy atom. The summed E-state index contributed by atoms with van der Waals surface area (Å²) in [5, 5.41) is 5.52. The zero-order valence-corrected chi connectivity index (χ0v) is 26.9. The number of carbonyl (C=O) groups is 2. The molecule has 1 aliphatic rings. The Morgan fingerprint density at radius 3 is 2.56 bits per heavy atom. The van der Waals surface area contributed by atoms with E-state index in [1.165, 1.54) is 23.6 Å². The van der Waals surface area contributed by atoms with Gasteiger partial charge in [0.2, 0.25) is 0 Å². The van der Waals surface area contributed by atoms with Crippen molar-refractivity contribution >= 4 is 29.3 Å². The largest absolute Gasteiger partial charge is 0.444 e. The number of rotatable bonds is 5. The summed E-state index contributed by atoms with van der Waals surface area (Å²) < 4.78 is 51.1. The Morgan fingerprint density at radius 2 is 1.85 bits per heavy atom. The summed E-state index contributed by atoms with van der Waals surface area (Å²) in [5.41, 5.74) is 1.40. The second-order valence-electron chi connectivity index (χ2n) is 12.0. The van der Waals surface area contributed by atoms with Crippen LogP contribution < -0.4 is 20.4 Å². The van der Waals surface area contributed by atoms with Crippen LogP contribution in [0, 0.1) is 11.8 Å². The molecule has 1 aliphatic heterocycles. The molecule has 2 aromatic heterocycles. The summed E-state index contributed by atoms with van der Waals surface area (Å²) in [6.07, 6.45) is -1.64. The van der Waals surface area contributed by atoms with E-state index in [1.54, 1.807) is 57.2 Å². The quantitative estimate of drug-likeness (QED) is 0.212. The lowest BCUT2D eigenvalue weighted by molar-refractivity contribution is -0.137. The molecule has 0 saturated carbocycles. The van der Waals surface area contributed by atoms with Gasteiger partial charge in [-0.05, 0) is 76.6 Å². The second-order valence-corrected chi connectivity index (χ2v) is 12.0. The van der Waals surface area contributed by atoms with E-state index in [9.17, 15) is 22.8 Å². The number of hydrogen-bond acceptors (Lipinski definition) is 7. The summed E-state index contributed by atoms with van der Waals surface area (Å²) in [4.78, 5) is 38.2. The van der Waals surface area contributed by atoms with Gasteiger partial charge in [-0.2, -0.15) is 13.2 Å². The molecule has 0 spiro atoms. The lowest BCUT2D eigenvalue weighted by Crippen LogP contribution is -2.36. The van der Waals surface area contributed by atoms with Gasteiger partial charge in [-0.1, -0.05) is 24.0 Å². The van der Waals surface area contributed by atoms with Gasteiger partial charge in [0.1, 0.15) is 5.60 Å². The maximum Gasteiger partial charge on any atom is 0.416 e. The predicted octanol–water partition coefficient (Wildman–Crippen LogP) is 7.57. The first kappa shape index (κ1) is 33.8. The molecule has 5 rings (SSSR count). The van der Waals surface area contributed by atoms with Gasteiger partial charge >= 0.3 is 18.3 Å². The normalized spacial score (nSPS) is 13.1. The molecule has 4 aromatic rings. The summed E-state index contributed by atoms with van der Waals surface area (Å²) in [5.74, 6) is 6.66. The van der Waals surface area contributed by atoms with Gasteiger partial charge in [-0.3, -0.25) is 4.90 Å².